The van der Waals surface area contributed by atoms with Crippen LogP contribution in [0.5, 0.6) is 0 Å². The van der Waals surface area contributed by atoms with Crippen molar-refractivity contribution in [2.75, 3.05) is 6.54 Å². The van der Waals surface area contributed by atoms with Crippen molar-refractivity contribution in [1.82, 2.24) is 4.31 Å². The van der Waals surface area contributed by atoms with Crippen molar-refractivity contribution in [3.8, 4) is 0 Å². The second kappa shape index (κ2) is 6.20. The molecule has 0 aromatic heterocycles. The van der Waals surface area contributed by atoms with E-state index in [0.29, 0.717) is 30.8 Å². The Bertz CT molecular complexity index is 591. The van der Waals surface area contributed by atoms with Gasteiger partial charge in [-0.05, 0) is 37.5 Å². The summed E-state index contributed by atoms with van der Waals surface area (Å²) in [5.74, 6) is 0. The van der Waals surface area contributed by atoms with E-state index in [1.165, 1.54) is 22.5 Å². The molecule has 1 aromatic carbocycles. The third-order valence-electron chi connectivity index (χ3n) is 3.60. The SMILES string of the molecule is CC[C@H]1C[C@@H](O)CCN1S(=O)(=O)c1ccc(Cl)c(Cl)c1. The molecule has 0 radical (unpaired) electrons. The number of halogens is 2. The fourth-order valence-corrected chi connectivity index (χ4v) is 4.58. The van der Waals surface area contributed by atoms with Crippen LogP contribution in [-0.2, 0) is 10.0 Å². The van der Waals surface area contributed by atoms with Crippen molar-refractivity contribution < 1.29 is 13.5 Å². The molecule has 0 unspecified atom stereocenters. The third-order valence-corrected chi connectivity index (χ3v) is 6.29. The zero-order valence-electron chi connectivity index (χ0n) is 11.1. The lowest BCUT2D eigenvalue weighted by molar-refractivity contribution is 0.0797. The van der Waals surface area contributed by atoms with E-state index in [9.17, 15) is 13.5 Å². The number of nitrogens with zero attached hydrogens (tertiary/aromatic N) is 1. The minimum absolute atomic E-state index is 0.140. The number of benzene rings is 1. The number of aliphatic hydroxyl groups excluding tert-OH is 1. The molecule has 7 heteroatoms. The molecule has 0 bridgehead atoms. The Morgan fingerprint density at radius 3 is 2.65 bits per heavy atom. The van der Waals surface area contributed by atoms with Crippen LogP contribution >= 0.6 is 23.2 Å². The van der Waals surface area contributed by atoms with Gasteiger partial charge in [-0.1, -0.05) is 30.1 Å². The van der Waals surface area contributed by atoms with Gasteiger partial charge in [-0.25, -0.2) is 8.42 Å². The van der Waals surface area contributed by atoms with Crippen LogP contribution in [0.3, 0.4) is 0 Å². The fourth-order valence-electron chi connectivity index (χ4n) is 2.47. The molecule has 2 rings (SSSR count). The van der Waals surface area contributed by atoms with E-state index in [4.69, 9.17) is 23.2 Å². The molecular formula is C13H17Cl2NO3S. The first kappa shape index (κ1) is 16.0. The molecule has 1 fully saturated rings. The molecule has 1 heterocycles. The van der Waals surface area contributed by atoms with Gasteiger partial charge < -0.3 is 5.11 Å². The molecule has 1 aliphatic rings. The molecule has 112 valence electrons. The van der Waals surface area contributed by atoms with E-state index in [1.807, 2.05) is 6.92 Å². The first-order valence-electron chi connectivity index (χ1n) is 6.51. The number of hydrogen-bond donors (Lipinski definition) is 1. The smallest absolute Gasteiger partial charge is 0.243 e. The van der Waals surface area contributed by atoms with Crippen molar-refractivity contribution in [1.29, 1.82) is 0 Å². The number of sulfonamides is 1. The standard InChI is InChI=1S/C13H17Cl2NO3S/c1-2-9-7-10(17)5-6-16(9)20(18,19)11-3-4-12(14)13(15)8-11/h3-4,8-10,17H,2,5-7H2,1H3/t9-,10-/m0/s1. The normalized spacial score (nSPS) is 24.8. The van der Waals surface area contributed by atoms with Crippen LogP contribution in [0.2, 0.25) is 10.0 Å². The zero-order valence-corrected chi connectivity index (χ0v) is 13.4. The maximum atomic E-state index is 12.7. The number of piperidine rings is 1. The van der Waals surface area contributed by atoms with Gasteiger partial charge in [0.15, 0.2) is 0 Å². The van der Waals surface area contributed by atoms with E-state index < -0.39 is 16.1 Å². The van der Waals surface area contributed by atoms with Gasteiger partial charge in [0, 0.05) is 12.6 Å². The fraction of sp³-hybridized carbons (Fsp3) is 0.538. The van der Waals surface area contributed by atoms with Gasteiger partial charge in [-0.3, -0.25) is 0 Å². The molecule has 1 aromatic rings. The summed E-state index contributed by atoms with van der Waals surface area (Å²) in [6, 6.07) is 4.13. The Morgan fingerprint density at radius 1 is 1.35 bits per heavy atom. The van der Waals surface area contributed by atoms with Crippen LogP contribution in [0.4, 0.5) is 0 Å². The first-order chi connectivity index (χ1) is 9.36. The van der Waals surface area contributed by atoms with Gasteiger partial charge in [0.05, 0.1) is 21.0 Å². The monoisotopic (exact) mass is 337 g/mol. The lowest BCUT2D eigenvalue weighted by Crippen LogP contribution is -2.47. The van der Waals surface area contributed by atoms with E-state index >= 15 is 0 Å². The largest absolute Gasteiger partial charge is 0.393 e. The minimum Gasteiger partial charge on any atom is -0.393 e. The van der Waals surface area contributed by atoms with E-state index in [1.54, 1.807) is 0 Å². The second-order valence-corrected chi connectivity index (χ2v) is 7.64. The highest BCUT2D eigenvalue weighted by Gasteiger charge is 2.35. The first-order valence-corrected chi connectivity index (χ1v) is 8.70. The highest BCUT2D eigenvalue weighted by atomic mass is 35.5. The van der Waals surface area contributed by atoms with Crippen LogP contribution in [0.15, 0.2) is 23.1 Å². The Labute approximate surface area is 129 Å². The third kappa shape index (κ3) is 3.12. The Kier molecular flexibility index (Phi) is 4.97. The van der Waals surface area contributed by atoms with E-state index in [-0.39, 0.29) is 16.0 Å². The van der Waals surface area contributed by atoms with Crippen LogP contribution in [0.25, 0.3) is 0 Å². The highest BCUT2D eigenvalue weighted by Crippen LogP contribution is 2.30. The van der Waals surface area contributed by atoms with Gasteiger partial charge >= 0.3 is 0 Å². The molecule has 0 saturated carbocycles. The predicted molar refractivity (Wildman–Crippen MR) is 79.7 cm³/mol. The van der Waals surface area contributed by atoms with Crippen molar-refractivity contribution in [3.63, 3.8) is 0 Å². The lowest BCUT2D eigenvalue weighted by atomic mass is 10.0. The molecular weight excluding hydrogens is 321 g/mol. The summed E-state index contributed by atoms with van der Waals surface area (Å²) >= 11 is 11.7. The second-order valence-electron chi connectivity index (χ2n) is 4.93. The Morgan fingerprint density at radius 2 is 2.05 bits per heavy atom. The average molecular weight is 338 g/mol. The maximum Gasteiger partial charge on any atom is 0.243 e. The molecule has 1 saturated heterocycles. The van der Waals surface area contributed by atoms with Crippen molar-refractivity contribution in [2.24, 2.45) is 0 Å². The summed E-state index contributed by atoms with van der Waals surface area (Å²) in [5.41, 5.74) is 0. The molecule has 1 N–H and O–H groups in total. The highest BCUT2D eigenvalue weighted by molar-refractivity contribution is 7.89. The summed E-state index contributed by atoms with van der Waals surface area (Å²) in [6.07, 6.45) is 1.16. The molecule has 4 nitrogen and oxygen atoms in total. The molecule has 0 aliphatic carbocycles. The van der Waals surface area contributed by atoms with Crippen LogP contribution < -0.4 is 0 Å². The molecule has 0 spiro atoms. The minimum atomic E-state index is -3.61. The van der Waals surface area contributed by atoms with Gasteiger partial charge in [0.2, 0.25) is 10.0 Å². The van der Waals surface area contributed by atoms with Crippen molar-refractivity contribution in [2.45, 2.75) is 43.2 Å². The lowest BCUT2D eigenvalue weighted by Gasteiger charge is -2.36. The quantitative estimate of drug-likeness (QED) is 0.922. The van der Waals surface area contributed by atoms with E-state index in [2.05, 4.69) is 0 Å². The van der Waals surface area contributed by atoms with Crippen LogP contribution in [0.1, 0.15) is 26.2 Å². The van der Waals surface area contributed by atoms with Crippen molar-refractivity contribution in [3.05, 3.63) is 28.2 Å². The maximum absolute atomic E-state index is 12.7. The molecule has 1 aliphatic heterocycles. The number of rotatable bonds is 3. The Balaban J connectivity index is 2.35. The van der Waals surface area contributed by atoms with Crippen LogP contribution in [-0.4, -0.2) is 36.5 Å². The summed E-state index contributed by atoms with van der Waals surface area (Å²) in [6.45, 7) is 2.24. The predicted octanol–water partition coefficient (Wildman–Crippen LogP) is 2.92. The zero-order chi connectivity index (χ0) is 14.9. The van der Waals surface area contributed by atoms with Gasteiger partial charge in [-0.2, -0.15) is 4.31 Å². The number of aliphatic hydroxyl groups is 1. The molecule has 2 atom stereocenters. The van der Waals surface area contributed by atoms with Gasteiger partial charge in [-0.15, -0.1) is 0 Å². The average Bonchev–Trinajstić information content (AvgIpc) is 2.41. The number of hydrogen-bond acceptors (Lipinski definition) is 3. The van der Waals surface area contributed by atoms with Gasteiger partial charge in [0.25, 0.3) is 0 Å². The molecule has 20 heavy (non-hydrogen) atoms. The van der Waals surface area contributed by atoms with Crippen molar-refractivity contribution >= 4 is 33.2 Å². The van der Waals surface area contributed by atoms with Gasteiger partial charge in [0.1, 0.15) is 0 Å². The topological polar surface area (TPSA) is 57.6 Å². The van der Waals surface area contributed by atoms with Crippen LogP contribution in [0, 0.1) is 0 Å². The van der Waals surface area contributed by atoms with E-state index in [0.717, 1.165) is 0 Å². The summed E-state index contributed by atoms with van der Waals surface area (Å²) in [4.78, 5) is 0.140. The molecule has 0 amide bonds. The Hall–Kier alpha value is -0.330. The summed E-state index contributed by atoms with van der Waals surface area (Å²) < 4.78 is 26.8. The summed E-state index contributed by atoms with van der Waals surface area (Å²) in [5, 5.41) is 10.2. The summed E-state index contributed by atoms with van der Waals surface area (Å²) in [7, 11) is -3.61.